The number of aliphatic hydroxyl groups excluding tert-OH is 2. The predicted molar refractivity (Wildman–Crippen MR) is 198 cm³/mol. The Morgan fingerprint density at radius 1 is 0.804 bits per heavy atom. The smallest absolute Gasteiger partial charge is 0.333 e. The molecule has 19 unspecified atom stereocenters. The lowest BCUT2D eigenvalue weighted by Crippen LogP contribution is -2.70. The number of aliphatic hydroxyl groups is 2. The number of carbonyl (C=O) groups is 3. The molecule has 2 N–H and O–H groups in total. The quantitative estimate of drug-likeness (QED) is 0.141. The van der Waals surface area contributed by atoms with E-state index in [1.54, 1.807) is 40.9 Å². The Kier molecular flexibility index (Phi) is 11.5. The predicted octanol–water partition coefficient (Wildman–Crippen LogP) is 3.94. The van der Waals surface area contributed by atoms with E-state index in [2.05, 4.69) is 6.92 Å². The van der Waals surface area contributed by atoms with Crippen molar-refractivity contribution in [3.63, 3.8) is 0 Å². The number of hydrogen-bond donors (Lipinski definition) is 2. The number of rotatable bonds is 10. The van der Waals surface area contributed by atoms with E-state index < -0.39 is 102 Å². The zero-order valence-corrected chi connectivity index (χ0v) is 34.7. The van der Waals surface area contributed by atoms with Crippen molar-refractivity contribution in [1.82, 2.24) is 0 Å². The third-order valence-electron chi connectivity index (χ3n) is 15.6. The van der Waals surface area contributed by atoms with E-state index in [1.807, 2.05) is 13.8 Å². The third-order valence-corrected chi connectivity index (χ3v) is 15.6. The molecule has 7 fully saturated rings. The van der Waals surface area contributed by atoms with Crippen LogP contribution in [0.2, 0.25) is 0 Å². The lowest BCUT2D eigenvalue weighted by molar-refractivity contribution is -0.343. The Morgan fingerprint density at radius 2 is 1.54 bits per heavy atom. The highest BCUT2D eigenvalue weighted by Gasteiger charge is 2.91. The summed E-state index contributed by atoms with van der Waals surface area (Å²) in [7, 11) is 3.04. The van der Waals surface area contributed by atoms with Crippen molar-refractivity contribution in [2.24, 2.45) is 28.6 Å². The molecule has 0 aromatic carbocycles. The molecule has 2 spiro atoms. The summed E-state index contributed by atoms with van der Waals surface area (Å²) in [6.07, 6.45) is -1.32. The molecule has 3 saturated heterocycles. The minimum atomic E-state index is -1.21. The Labute approximate surface area is 330 Å². The number of Topliss-reactive ketones (excluding diaryl/α,β-unsaturated/α-hetero) is 1. The number of carbonyl (C=O) groups excluding carboxylic acids is 3. The van der Waals surface area contributed by atoms with Gasteiger partial charge in [0.05, 0.1) is 24.4 Å². The molecule has 0 aromatic heterocycles. The van der Waals surface area contributed by atoms with Crippen LogP contribution >= 0.6 is 0 Å². The summed E-state index contributed by atoms with van der Waals surface area (Å²) >= 11 is 0. The van der Waals surface area contributed by atoms with E-state index in [0.29, 0.717) is 24.8 Å². The van der Waals surface area contributed by atoms with Crippen molar-refractivity contribution >= 4 is 17.7 Å². The van der Waals surface area contributed by atoms with E-state index in [0.717, 1.165) is 32.1 Å². The monoisotopic (exact) mass is 792 g/mol. The lowest BCUT2D eigenvalue weighted by Gasteiger charge is -2.61. The molecule has 4 saturated carbocycles. The molecule has 3 heterocycles. The highest BCUT2D eigenvalue weighted by Crippen LogP contribution is 2.81. The van der Waals surface area contributed by atoms with Gasteiger partial charge in [0.15, 0.2) is 12.6 Å². The molecule has 14 heteroatoms. The number of ether oxygens (including phenoxy) is 9. The fraction of sp³-hybridized carbons (Fsp3) is 0.881. The van der Waals surface area contributed by atoms with Gasteiger partial charge >= 0.3 is 11.9 Å². The average molecular weight is 793 g/mol. The van der Waals surface area contributed by atoms with E-state index in [4.69, 9.17) is 42.6 Å². The van der Waals surface area contributed by atoms with Gasteiger partial charge in [-0.1, -0.05) is 19.9 Å². The fourth-order valence-corrected chi connectivity index (χ4v) is 12.6. The standard InChI is InChI=1S/C42H64O14/c1-11-20(2)37(47)54-34-35-39(7)15-13-26(53-29-19-28(48-9)32(23(5)50-29)55-38-31(46)33(49-10)30(45)22(4)51-38)18-25(39)12-16-41(35)42(56-41)17-14-27(21(3)43)40(42,8)36(34)52-24(6)44/h11,22-23,25-36,38,45-46H,12-19H2,1-10H3. The summed E-state index contributed by atoms with van der Waals surface area (Å²) in [5.74, 6) is -1.41. The van der Waals surface area contributed by atoms with Gasteiger partial charge in [-0.2, -0.15) is 0 Å². The third kappa shape index (κ3) is 6.34. The first-order valence-corrected chi connectivity index (χ1v) is 20.7. The first-order valence-electron chi connectivity index (χ1n) is 20.7. The first kappa shape index (κ1) is 42.1. The van der Waals surface area contributed by atoms with E-state index in [9.17, 15) is 24.6 Å². The zero-order chi connectivity index (χ0) is 40.7. The minimum Gasteiger partial charge on any atom is -0.458 e. The molecule has 14 nitrogen and oxygen atoms in total. The van der Waals surface area contributed by atoms with Crippen molar-refractivity contribution in [2.45, 2.75) is 192 Å². The molecule has 316 valence electrons. The highest BCUT2D eigenvalue weighted by molar-refractivity contribution is 5.88. The Bertz CT molecular complexity index is 1550. The fourth-order valence-electron chi connectivity index (χ4n) is 12.6. The second-order valence-electron chi connectivity index (χ2n) is 18.2. The average Bonchev–Trinajstić information content (AvgIpc) is 3.70. The molecule has 19 atom stereocenters. The molecule has 0 aromatic rings. The number of allylic oxidation sites excluding steroid dienone is 1. The van der Waals surface area contributed by atoms with Crippen LogP contribution in [-0.2, 0) is 57.0 Å². The maximum Gasteiger partial charge on any atom is 0.333 e. The Hall–Kier alpha value is -2.01. The van der Waals surface area contributed by atoms with Gasteiger partial charge in [-0.15, -0.1) is 0 Å². The molecule has 3 aliphatic heterocycles. The Morgan fingerprint density at radius 3 is 2.18 bits per heavy atom. The number of epoxide rings is 1. The summed E-state index contributed by atoms with van der Waals surface area (Å²) in [6, 6.07) is 0. The van der Waals surface area contributed by atoms with Crippen molar-refractivity contribution in [2.75, 3.05) is 14.2 Å². The molecule has 0 bridgehead atoms. The van der Waals surface area contributed by atoms with Crippen LogP contribution in [0.1, 0.15) is 107 Å². The molecule has 7 aliphatic rings. The highest BCUT2D eigenvalue weighted by atomic mass is 16.7. The van der Waals surface area contributed by atoms with Gasteiger partial charge in [-0.25, -0.2) is 4.79 Å². The molecule has 56 heavy (non-hydrogen) atoms. The molecule has 0 amide bonds. The molecular formula is C42H64O14. The first-order chi connectivity index (χ1) is 26.4. The minimum absolute atomic E-state index is 0.0276. The van der Waals surface area contributed by atoms with Crippen LogP contribution in [0.25, 0.3) is 0 Å². The number of methoxy groups -OCH3 is 2. The van der Waals surface area contributed by atoms with Crippen molar-refractivity contribution in [3.8, 4) is 0 Å². The number of fused-ring (bicyclic) bond motifs is 2. The summed E-state index contributed by atoms with van der Waals surface area (Å²) in [5, 5.41) is 21.3. The van der Waals surface area contributed by atoms with Crippen LogP contribution in [0.3, 0.4) is 0 Å². The summed E-state index contributed by atoms with van der Waals surface area (Å²) in [6.45, 7) is 14.4. The van der Waals surface area contributed by atoms with Crippen LogP contribution in [0.4, 0.5) is 0 Å². The molecule has 0 radical (unpaired) electrons. The second-order valence-corrected chi connectivity index (χ2v) is 18.2. The number of esters is 2. The van der Waals surface area contributed by atoms with Crippen LogP contribution < -0.4 is 0 Å². The Balaban J connectivity index is 1.10. The van der Waals surface area contributed by atoms with Crippen LogP contribution in [0.5, 0.6) is 0 Å². The van der Waals surface area contributed by atoms with Crippen molar-refractivity contribution < 1.29 is 67.2 Å². The molecule has 4 aliphatic carbocycles. The SMILES string of the molecule is CC=C(C)C(=O)OC1C2C3(C)CCC(OC4CC(OC)C(OC5OC(C)C(O)C(OC)C5O)C(C)O4)CC3CCC23OC32CCC(C(C)=O)C2(C)C1OC(C)=O. The van der Waals surface area contributed by atoms with E-state index >= 15 is 0 Å². The second kappa shape index (κ2) is 15.2. The van der Waals surface area contributed by atoms with E-state index in [-0.39, 0.29) is 29.1 Å². The normalized spacial score (nSPS) is 51.1. The van der Waals surface area contributed by atoms with Gasteiger partial charge in [0.2, 0.25) is 0 Å². The van der Waals surface area contributed by atoms with Gasteiger partial charge in [-0.05, 0) is 90.9 Å². The van der Waals surface area contributed by atoms with Crippen LogP contribution in [-0.4, -0.2) is 127 Å². The van der Waals surface area contributed by atoms with Gasteiger partial charge < -0.3 is 52.8 Å². The zero-order valence-electron chi connectivity index (χ0n) is 34.7. The van der Waals surface area contributed by atoms with Gasteiger partial charge in [0, 0.05) is 50.4 Å². The number of hydrogen-bond acceptors (Lipinski definition) is 14. The summed E-state index contributed by atoms with van der Waals surface area (Å²) < 4.78 is 56.4. The van der Waals surface area contributed by atoms with Crippen LogP contribution in [0, 0.1) is 28.6 Å². The summed E-state index contributed by atoms with van der Waals surface area (Å²) in [5.41, 5.74) is -2.04. The van der Waals surface area contributed by atoms with Crippen LogP contribution in [0.15, 0.2) is 11.6 Å². The van der Waals surface area contributed by atoms with E-state index in [1.165, 1.54) is 14.0 Å². The maximum atomic E-state index is 13.7. The lowest BCUT2D eigenvalue weighted by atomic mass is 9.43. The van der Waals surface area contributed by atoms with Gasteiger partial charge in [0.1, 0.15) is 53.6 Å². The van der Waals surface area contributed by atoms with Gasteiger partial charge in [0.25, 0.3) is 0 Å². The van der Waals surface area contributed by atoms with Crippen molar-refractivity contribution in [1.29, 1.82) is 0 Å². The topological polar surface area (TPSA) is 178 Å². The molecular weight excluding hydrogens is 728 g/mol. The summed E-state index contributed by atoms with van der Waals surface area (Å²) in [4.78, 5) is 39.8. The molecule has 7 rings (SSSR count). The van der Waals surface area contributed by atoms with Gasteiger partial charge in [-0.3, -0.25) is 9.59 Å². The largest absolute Gasteiger partial charge is 0.458 e. The van der Waals surface area contributed by atoms with Crippen molar-refractivity contribution in [3.05, 3.63) is 11.6 Å². The maximum absolute atomic E-state index is 13.7. The number of ketones is 1.